The predicted octanol–water partition coefficient (Wildman–Crippen LogP) is 3.05. The van der Waals surface area contributed by atoms with Crippen molar-refractivity contribution in [3.8, 4) is 11.5 Å². The van der Waals surface area contributed by atoms with Gasteiger partial charge < -0.3 is 14.6 Å². The molecule has 0 spiro atoms. The van der Waals surface area contributed by atoms with Gasteiger partial charge in [0.25, 0.3) is 0 Å². The van der Waals surface area contributed by atoms with Crippen LogP contribution in [0.25, 0.3) is 0 Å². The SMILES string of the molecule is CS(=O)(=O)N(C[C@@H](C(=O)O)N1CCOCC1)c1ccc(Oc2ccc(C(F)(F)F)cc2)cc1. The Labute approximate surface area is 189 Å². The van der Waals surface area contributed by atoms with Crippen molar-refractivity contribution in [3.63, 3.8) is 0 Å². The molecule has 0 aliphatic carbocycles. The van der Waals surface area contributed by atoms with Crippen LogP contribution in [0.5, 0.6) is 11.5 Å². The average Bonchev–Trinajstić information content (AvgIpc) is 2.74. The Morgan fingerprint density at radius 3 is 2.06 bits per heavy atom. The third-order valence-electron chi connectivity index (χ3n) is 5.05. The molecule has 8 nitrogen and oxygen atoms in total. The van der Waals surface area contributed by atoms with Crippen LogP contribution in [-0.4, -0.2) is 69.5 Å². The van der Waals surface area contributed by atoms with E-state index in [2.05, 4.69) is 0 Å². The smallest absolute Gasteiger partial charge is 0.416 e. The quantitative estimate of drug-likeness (QED) is 0.610. The zero-order chi connectivity index (χ0) is 24.2. The molecule has 1 N–H and O–H groups in total. The fourth-order valence-corrected chi connectivity index (χ4v) is 4.27. The summed E-state index contributed by atoms with van der Waals surface area (Å²) < 4.78 is 74.7. The topological polar surface area (TPSA) is 96.4 Å². The van der Waals surface area contributed by atoms with Gasteiger partial charge in [0.2, 0.25) is 10.0 Å². The summed E-state index contributed by atoms with van der Waals surface area (Å²) in [6.07, 6.45) is -3.47. The number of nitrogens with zero attached hydrogens (tertiary/aromatic N) is 2. The maximum absolute atomic E-state index is 12.7. The van der Waals surface area contributed by atoms with E-state index >= 15 is 0 Å². The Morgan fingerprint density at radius 1 is 1.09 bits per heavy atom. The number of ether oxygens (including phenoxy) is 2. The summed E-state index contributed by atoms with van der Waals surface area (Å²) in [6.45, 7) is 1.16. The van der Waals surface area contributed by atoms with E-state index in [0.29, 0.717) is 26.3 Å². The fourth-order valence-electron chi connectivity index (χ4n) is 3.36. The van der Waals surface area contributed by atoms with Gasteiger partial charge in [-0.05, 0) is 48.5 Å². The molecule has 1 heterocycles. The summed E-state index contributed by atoms with van der Waals surface area (Å²) in [7, 11) is -3.81. The molecule has 12 heteroatoms. The van der Waals surface area contributed by atoms with E-state index in [-0.39, 0.29) is 23.7 Å². The highest BCUT2D eigenvalue weighted by Crippen LogP contribution is 2.32. The first-order chi connectivity index (χ1) is 15.4. The Bertz CT molecular complexity index is 1050. The van der Waals surface area contributed by atoms with Crippen molar-refractivity contribution in [2.24, 2.45) is 0 Å². The molecule has 33 heavy (non-hydrogen) atoms. The van der Waals surface area contributed by atoms with Gasteiger partial charge in [-0.2, -0.15) is 13.2 Å². The largest absolute Gasteiger partial charge is 0.480 e. The van der Waals surface area contributed by atoms with Gasteiger partial charge in [0.05, 0.1) is 37.3 Å². The number of hydrogen-bond acceptors (Lipinski definition) is 6. The van der Waals surface area contributed by atoms with Crippen molar-refractivity contribution in [1.82, 2.24) is 4.90 Å². The lowest BCUT2D eigenvalue weighted by Gasteiger charge is -2.35. The van der Waals surface area contributed by atoms with Crippen molar-refractivity contribution in [2.45, 2.75) is 12.2 Å². The second-order valence-electron chi connectivity index (χ2n) is 7.41. The second-order valence-corrected chi connectivity index (χ2v) is 9.32. The zero-order valence-electron chi connectivity index (χ0n) is 17.7. The number of carboxylic acid groups (broad SMARTS) is 1. The number of aliphatic carboxylic acids is 1. The van der Waals surface area contributed by atoms with E-state index in [1.165, 1.54) is 36.4 Å². The van der Waals surface area contributed by atoms with Crippen molar-refractivity contribution >= 4 is 21.7 Å². The Morgan fingerprint density at radius 2 is 1.61 bits per heavy atom. The van der Waals surface area contributed by atoms with Crippen molar-refractivity contribution in [1.29, 1.82) is 0 Å². The molecule has 1 atom stereocenters. The first-order valence-electron chi connectivity index (χ1n) is 9.92. The van der Waals surface area contributed by atoms with Crippen molar-refractivity contribution in [2.75, 3.05) is 43.4 Å². The van der Waals surface area contributed by atoms with E-state index in [4.69, 9.17) is 9.47 Å². The lowest BCUT2D eigenvalue weighted by molar-refractivity contribution is -0.144. The summed E-state index contributed by atoms with van der Waals surface area (Å²) in [4.78, 5) is 13.5. The molecule has 0 radical (unpaired) electrons. The van der Waals surface area contributed by atoms with Gasteiger partial charge in [-0.25, -0.2) is 8.42 Å². The summed E-state index contributed by atoms with van der Waals surface area (Å²) in [6, 6.07) is 8.88. The monoisotopic (exact) mass is 488 g/mol. The van der Waals surface area contributed by atoms with Gasteiger partial charge in [-0.3, -0.25) is 14.0 Å². The van der Waals surface area contributed by atoms with E-state index in [0.717, 1.165) is 22.7 Å². The Kier molecular flexibility index (Phi) is 7.50. The average molecular weight is 488 g/mol. The molecule has 1 aliphatic rings. The van der Waals surface area contributed by atoms with Crippen LogP contribution in [0.2, 0.25) is 0 Å². The summed E-state index contributed by atoms with van der Waals surface area (Å²) in [5.74, 6) is -0.697. The number of halogens is 3. The Hall–Kier alpha value is -2.83. The molecule has 2 aromatic carbocycles. The molecule has 1 aliphatic heterocycles. The highest BCUT2D eigenvalue weighted by atomic mass is 32.2. The Balaban J connectivity index is 1.77. The predicted molar refractivity (Wildman–Crippen MR) is 114 cm³/mol. The van der Waals surface area contributed by atoms with Crippen LogP contribution in [0.1, 0.15) is 5.56 Å². The number of morpholine rings is 1. The number of rotatable bonds is 8. The molecular formula is C21H23F3N2O6S. The zero-order valence-corrected chi connectivity index (χ0v) is 18.5. The van der Waals surface area contributed by atoms with Crippen LogP contribution in [0.3, 0.4) is 0 Å². The lowest BCUT2D eigenvalue weighted by Crippen LogP contribution is -2.53. The van der Waals surface area contributed by atoms with E-state index in [1.54, 1.807) is 4.90 Å². The van der Waals surface area contributed by atoms with Crippen LogP contribution in [0.4, 0.5) is 18.9 Å². The number of carboxylic acids is 1. The van der Waals surface area contributed by atoms with Crippen LogP contribution in [-0.2, 0) is 25.7 Å². The van der Waals surface area contributed by atoms with Crippen molar-refractivity contribution in [3.05, 3.63) is 54.1 Å². The van der Waals surface area contributed by atoms with Gasteiger partial charge in [0.1, 0.15) is 17.5 Å². The van der Waals surface area contributed by atoms with Gasteiger partial charge >= 0.3 is 12.1 Å². The van der Waals surface area contributed by atoms with Gasteiger partial charge in [0.15, 0.2) is 0 Å². The molecule has 0 amide bonds. The molecule has 1 fully saturated rings. The molecule has 3 rings (SSSR count). The van der Waals surface area contributed by atoms with Gasteiger partial charge in [0, 0.05) is 13.1 Å². The molecule has 180 valence electrons. The molecule has 0 aromatic heterocycles. The van der Waals surface area contributed by atoms with Crippen LogP contribution >= 0.6 is 0 Å². The number of alkyl halides is 3. The molecule has 2 aromatic rings. The van der Waals surface area contributed by atoms with Gasteiger partial charge in [-0.15, -0.1) is 0 Å². The van der Waals surface area contributed by atoms with Crippen LogP contribution in [0.15, 0.2) is 48.5 Å². The number of carbonyl (C=O) groups is 1. The molecule has 0 saturated carbocycles. The lowest BCUT2D eigenvalue weighted by atomic mass is 10.2. The third kappa shape index (κ3) is 6.59. The minimum atomic E-state index is -4.45. The number of hydrogen-bond donors (Lipinski definition) is 1. The second kappa shape index (κ2) is 9.98. The number of sulfonamides is 1. The summed E-state index contributed by atoms with van der Waals surface area (Å²) >= 11 is 0. The standard InChI is InChI=1S/C21H23F3N2O6S/c1-33(29,30)26(14-19(20(27)28)25-10-12-31-13-11-25)16-4-8-18(9-5-16)32-17-6-2-15(3-7-17)21(22,23)24/h2-9,19H,10-14H2,1H3,(H,27,28)/t19-/m0/s1. The van der Waals surface area contributed by atoms with E-state index in [9.17, 15) is 31.5 Å². The van der Waals surface area contributed by atoms with Gasteiger partial charge in [-0.1, -0.05) is 0 Å². The highest BCUT2D eigenvalue weighted by Gasteiger charge is 2.32. The molecule has 1 saturated heterocycles. The number of benzene rings is 2. The fraction of sp³-hybridized carbons (Fsp3) is 0.381. The third-order valence-corrected chi connectivity index (χ3v) is 6.21. The van der Waals surface area contributed by atoms with Crippen LogP contribution < -0.4 is 9.04 Å². The van der Waals surface area contributed by atoms with E-state index in [1.807, 2.05) is 0 Å². The first kappa shape index (κ1) is 24.8. The first-order valence-corrected chi connectivity index (χ1v) is 11.8. The normalized spacial score (nSPS) is 16.2. The summed E-state index contributed by atoms with van der Waals surface area (Å²) in [5.41, 5.74) is -0.570. The molecular weight excluding hydrogens is 465 g/mol. The summed E-state index contributed by atoms with van der Waals surface area (Å²) in [5, 5.41) is 9.67. The maximum atomic E-state index is 12.7. The van der Waals surface area contributed by atoms with E-state index < -0.39 is 33.8 Å². The minimum absolute atomic E-state index is 0.175. The maximum Gasteiger partial charge on any atom is 0.416 e. The molecule has 0 bridgehead atoms. The van der Waals surface area contributed by atoms with Crippen LogP contribution in [0, 0.1) is 0 Å². The number of anilines is 1. The minimum Gasteiger partial charge on any atom is -0.480 e. The van der Waals surface area contributed by atoms with Crippen molar-refractivity contribution < 1.29 is 41.0 Å². The molecule has 0 unspecified atom stereocenters. The highest BCUT2D eigenvalue weighted by molar-refractivity contribution is 7.92.